The number of ether oxygens (including phenoxy) is 1. The van der Waals surface area contributed by atoms with E-state index in [4.69, 9.17) is 4.74 Å². The molecule has 2 aliphatic rings. The van der Waals surface area contributed by atoms with Gasteiger partial charge >= 0.3 is 0 Å². The van der Waals surface area contributed by atoms with Crippen LogP contribution in [0.1, 0.15) is 43.0 Å². The van der Waals surface area contributed by atoms with Gasteiger partial charge in [0.05, 0.1) is 0 Å². The molecule has 0 fully saturated rings. The van der Waals surface area contributed by atoms with Crippen LogP contribution in [0.4, 0.5) is 0 Å². The van der Waals surface area contributed by atoms with E-state index < -0.39 is 0 Å². The predicted molar refractivity (Wildman–Crippen MR) is 180 cm³/mol. The summed E-state index contributed by atoms with van der Waals surface area (Å²) < 4.78 is 6.57. The van der Waals surface area contributed by atoms with Gasteiger partial charge in [0, 0.05) is 16.5 Å². The highest BCUT2D eigenvalue weighted by molar-refractivity contribution is 6.03. The molecule has 1 heterocycles. The molecular formula is C42H34O. The van der Waals surface area contributed by atoms with Gasteiger partial charge in [-0.25, -0.2) is 0 Å². The third-order valence-corrected chi connectivity index (χ3v) is 9.62. The van der Waals surface area contributed by atoms with E-state index in [1.807, 2.05) is 0 Å². The van der Waals surface area contributed by atoms with Crippen LogP contribution in [0, 0.1) is 6.92 Å². The first-order valence-electron chi connectivity index (χ1n) is 15.3. The molecule has 0 N–H and O–H groups in total. The van der Waals surface area contributed by atoms with Crippen LogP contribution in [0.3, 0.4) is 0 Å². The third-order valence-electron chi connectivity index (χ3n) is 9.62. The summed E-state index contributed by atoms with van der Waals surface area (Å²) in [5.74, 6) is 1.95. The third kappa shape index (κ3) is 3.92. The highest BCUT2D eigenvalue weighted by atomic mass is 16.5. The van der Waals surface area contributed by atoms with Crippen molar-refractivity contribution in [3.63, 3.8) is 0 Å². The zero-order valence-electron chi connectivity index (χ0n) is 25.2. The number of hydrogen-bond acceptors (Lipinski definition) is 1. The predicted octanol–water partition coefficient (Wildman–Crippen LogP) is 11.6. The second-order valence-electron chi connectivity index (χ2n) is 12.5. The molecule has 0 unspecified atom stereocenters. The molecule has 208 valence electrons. The van der Waals surface area contributed by atoms with E-state index in [1.54, 1.807) is 0 Å². The maximum Gasteiger partial charge on any atom is 0.131 e. The van der Waals surface area contributed by atoms with Crippen LogP contribution in [-0.2, 0) is 11.8 Å². The minimum absolute atomic E-state index is 0.170. The van der Waals surface area contributed by atoms with E-state index in [1.165, 1.54) is 77.9 Å². The van der Waals surface area contributed by atoms with Gasteiger partial charge in [-0.2, -0.15) is 0 Å². The lowest BCUT2D eigenvalue weighted by Gasteiger charge is -2.35. The van der Waals surface area contributed by atoms with Crippen molar-refractivity contribution in [2.45, 2.75) is 39.5 Å². The average Bonchev–Trinajstić information content (AvgIpc) is 3.03. The van der Waals surface area contributed by atoms with Gasteiger partial charge in [-0.05, 0) is 104 Å². The zero-order valence-corrected chi connectivity index (χ0v) is 25.2. The van der Waals surface area contributed by atoms with Gasteiger partial charge in [0.15, 0.2) is 0 Å². The lowest BCUT2D eigenvalue weighted by atomic mass is 9.74. The Morgan fingerprint density at radius 3 is 1.56 bits per heavy atom. The van der Waals surface area contributed by atoms with E-state index in [0.29, 0.717) is 0 Å². The first-order chi connectivity index (χ1) is 20.9. The molecule has 0 atom stereocenters. The van der Waals surface area contributed by atoms with Crippen LogP contribution in [-0.4, -0.2) is 0 Å². The van der Waals surface area contributed by atoms with Crippen LogP contribution in [0.5, 0.6) is 11.5 Å². The Morgan fingerprint density at radius 2 is 1.00 bits per heavy atom. The number of aryl methyl sites for hydroxylation is 2. The molecule has 0 bridgehead atoms. The quantitative estimate of drug-likeness (QED) is 0.206. The van der Waals surface area contributed by atoms with Crippen molar-refractivity contribution in [3.8, 4) is 67.1 Å². The molecule has 1 nitrogen and oxygen atoms in total. The first kappa shape index (κ1) is 25.8. The second-order valence-corrected chi connectivity index (χ2v) is 12.5. The van der Waals surface area contributed by atoms with E-state index >= 15 is 0 Å². The van der Waals surface area contributed by atoms with Gasteiger partial charge in [-0.15, -0.1) is 0 Å². The summed E-state index contributed by atoms with van der Waals surface area (Å²) >= 11 is 0. The van der Waals surface area contributed by atoms with Crippen molar-refractivity contribution in [1.82, 2.24) is 0 Å². The maximum absolute atomic E-state index is 6.57. The topological polar surface area (TPSA) is 9.23 Å². The normalized spacial score (nSPS) is 13.6. The molecule has 6 aromatic carbocycles. The number of hydrogen-bond donors (Lipinski definition) is 0. The van der Waals surface area contributed by atoms with Gasteiger partial charge in [0.1, 0.15) is 11.5 Å². The largest absolute Gasteiger partial charge is 0.457 e. The fourth-order valence-electron chi connectivity index (χ4n) is 7.24. The zero-order chi connectivity index (χ0) is 29.3. The molecule has 0 saturated carbocycles. The van der Waals surface area contributed by atoms with Gasteiger partial charge in [-0.3, -0.25) is 0 Å². The van der Waals surface area contributed by atoms with Crippen LogP contribution in [0.15, 0.2) is 121 Å². The van der Waals surface area contributed by atoms with Crippen molar-refractivity contribution in [3.05, 3.63) is 144 Å². The fraction of sp³-hybridized carbons (Fsp3) is 0.143. The Labute approximate surface area is 254 Å². The first-order valence-corrected chi connectivity index (χ1v) is 15.3. The van der Waals surface area contributed by atoms with E-state index in [-0.39, 0.29) is 5.41 Å². The number of benzene rings is 6. The summed E-state index contributed by atoms with van der Waals surface area (Å²) in [6, 6.07) is 44.9. The van der Waals surface area contributed by atoms with Crippen molar-refractivity contribution < 1.29 is 4.74 Å². The highest BCUT2D eigenvalue weighted by Gasteiger charge is 2.35. The van der Waals surface area contributed by atoms with Gasteiger partial charge in [0.2, 0.25) is 0 Å². The van der Waals surface area contributed by atoms with E-state index in [9.17, 15) is 0 Å². The van der Waals surface area contributed by atoms with Crippen molar-refractivity contribution in [2.75, 3.05) is 0 Å². The van der Waals surface area contributed by atoms with Crippen molar-refractivity contribution >= 4 is 0 Å². The SMILES string of the molecule is CCc1ccc2c(c1)Oc1cc(C)c(-c3ccc4c(c3)-c3ccccc3-c3ccccc3-c3ccccc3-4)cc1C2(C)C. The highest BCUT2D eigenvalue weighted by Crippen LogP contribution is 2.51. The van der Waals surface area contributed by atoms with Gasteiger partial charge in [-0.1, -0.05) is 118 Å². The molecule has 1 heteroatoms. The second kappa shape index (κ2) is 9.57. The molecule has 0 aromatic heterocycles. The molecule has 1 aliphatic heterocycles. The summed E-state index contributed by atoms with van der Waals surface area (Å²) in [7, 11) is 0. The van der Waals surface area contributed by atoms with Crippen LogP contribution in [0.2, 0.25) is 0 Å². The lowest BCUT2D eigenvalue weighted by molar-refractivity contribution is 0.417. The molecule has 0 saturated heterocycles. The summed E-state index contributed by atoms with van der Waals surface area (Å²) in [6.45, 7) is 9.05. The Kier molecular flexibility index (Phi) is 5.74. The van der Waals surface area contributed by atoms with Crippen LogP contribution in [0.25, 0.3) is 55.6 Å². The lowest BCUT2D eigenvalue weighted by Crippen LogP contribution is -2.24. The Balaban J connectivity index is 1.34. The summed E-state index contributed by atoms with van der Waals surface area (Å²) in [5.41, 5.74) is 17.5. The summed E-state index contributed by atoms with van der Waals surface area (Å²) in [5, 5.41) is 0. The molecular weight excluding hydrogens is 520 g/mol. The van der Waals surface area contributed by atoms with Crippen LogP contribution >= 0.6 is 0 Å². The minimum Gasteiger partial charge on any atom is -0.457 e. The minimum atomic E-state index is -0.170. The maximum atomic E-state index is 6.57. The smallest absolute Gasteiger partial charge is 0.131 e. The summed E-state index contributed by atoms with van der Waals surface area (Å²) in [4.78, 5) is 0. The molecule has 8 rings (SSSR count). The van der Waals surface area contributed by atoms with E-state index in [0.717, 1.165) is 17.9 Å². The molecule has 43 heavy (non-hydrogen) atoms. The van der Waals surface area contributed by atoms with Gasteiger partial charge < -0.3 is 4.74 Å². The standard InChI is InChI=1S/C42H34O/c1-5-27-18-21-38-41(23-27)43-40-22-26(2)36(25-39(40)42(38,3)4)28-19-20-35-33-16-9-8-14-31(33)29-12-6-7-13-30(29)32-15-10-11-17-34(32)37(35)24-28/h6-25H,5H2,1-4H3. The number of rotatable bonds is 2. The monoisotopic (exact) mass is 554 g/mol. The fourth-order valence-corrected chi connectivity index (χ4v) is 7.24. The van der Waals surface area contributed by atoms with Crippen molar-refractivity contribution in [1.29, 1.82) is 0 Å². The Hall–Kier alpha value is -4.88. The molecule has 6 aromatic rings. The Bertz CT molecular complexity index is 2070. The van der Waals surface area contributed by atoms with Crippen LogP contribution < -0.4 is 4.74 Å². The number of fused-ring (bicyclic) bond motifs is 10. The van der Waals surface area contributed by atoms with Crippen molar-refractivity contribution in [2.24, 2.45) is 0 Å². The average molecular weight is 555 g/mol. The molecule has 1 aliphatic carbocycles. The Morgan fingerprint density at radius 1 is 0.488 bits per heavy atom. The van der Waals surface area contributed by atoms with E-state index in [2.05, 4.69) is 149 Å². The molecule has 0 radical (unpaired) electrons. The molecule has 0 amide bonds. The molecule has 0 spiro atoms. The van der Waals surface area contributed by atoms with Gasteiger partial charge in [0.25, 0.3) is 0 Å². The summed E-state index contributed by atoms with van der Waals surface area (Å²) in [6.07, 6.45) is 0.999.